The average molecular weight is 281 g/mol. The molecule has 1 rings (SSSR count). The lowest BCUT2D eigenvalue weighted by molar-refractivity contribution is 0.0100. The predicted molar refractivity (Wildman–Crippen MR) is 83.3 cm³/mol. The van der Waals surface area contributed by atoms with Crippen LogP contribution in [-0.4, -0.2) is 33.9 Å². The number of rotatable bonds is 3. The molecule has 0 unspecified atom stereocenters. The highest BCUT2D eigenvalue weighted by Gasteiger charge is 2.53. The smallest absolute Gasteiger partial charge is 0.192 e. The van der Waals surface area contributed by atoms with Crippen LogP contribution in [0, 0.1) is 17.2 Å². The van der Waals surface area contributed by atoms with Crippen LogP contribution in [0.5, 0.6) is 0 Å². The molecule has 0 bridgehead atoms. The molecule has 1 saturated heterocycles. The highest BCUT2D eigenvalue weighted by molar-refractivity contribution is 6.74. The Bertz CT molecular complexity index is 375. The van der Waals surface area contributed by atoms with E-state index in [0.717, 1.165) is 0 Å². The second kappa shape index (κ2) is 5.23. The van der Waals surface area contributed by atoms with Gasteiger partial charge in [0, 0.05) is 5.92 Å². The lowest BCUT2D eigenvalue weighted by Crippen LogP contribution is -2.48. The van der Waals surface area contributed by atoms with Crippen molar-refractivity contribution < 1.29 is 9.16 Å². The molecule has 1 aliphatic heterocycles. The van der Waals surface area contributed by atoms with Crippen LogP contribution in [0.15, 0.2) is 0 Å². The van der Waals surface area contributed by atoms with Gasteiger partial charge in [0.25, 0.3) is 0 Å². The van der Waals surface area contributed by atoms with Gasteiger partial charge >= 0.3 is 0 Å². The largest absolute Gasteiger partial charge is 0.412 e. The summed E-state index contributed by atoms with van der Waals surface area (Å²) in [5.74, 6) is 0.117. The zero-order valence-corrected chi connectivity index (χ0v) is 14.7. The monoisotopic (exact) mass is 281 g/mol. The number of nitrogens with zero attached hydrogens (tertiary/aromatic N) is 1. The van der Waals surface area contributed by atoms with E-state index in [1.807, 2.05) is 14.8 Å². The molecule has 0 saturated carbocycles. The Balaban J connectivity index is 2.96. The van der Waals surface area contributed by atoms with Crippen molar-refractivity contribution in [2.45, 2.75) is 76.9 Å². The first kappa shape index (κ1) is 16.7. The van der Waals surface area contributed by atoms with Crippen molar-refractivity contribution in [1.82, 2.24) is 0 Å². The van der Waals surface area contributed by atoms with Crippen molar-refractivity contribution in [3.05, 3.63) is 0 Å². The van der Waals surface area contributed by atoms with Gasteiger partial charge in [-0.3, -0.25) is 0 Å². The van der Waals surface area contributed by atoms with Crippen LogP contribution in [0.3, 0.4) is 0 Å². The van der Waals surface area contributed by atoms with Crippen LogP contribution in [0.4, 0.5) is 0 Å². The maximum absolute atomic E-state index is 9.46. The summed E-state index contributed by atoms with van der Waals surface area (Å²) in [7, 11) is 0.200. The van der Waals surface area contributed by atoms with Crippen LogP contribution >= 0.6 is 0 Å². The zero-order chi connectivity index (χ0) is 15.1. The standard InChI is InChI=1S/C14H28BNO2Si/c1-8-14(9-16)10(2)11(12(15)17-14)18-19(6,7)13(3,4)5/h10-12H,8,15H2,1-7H3/t10-,11+,12+,14-/m0/s1. The Kier molecular flexibility index (Phi) is 4.61. The normalized spacial score (nSPS) is 36.2. The molecule has 19 heavy (non-hydrogen) atoms. The summed E-state index contributed by atoms with van der Waals surface area (Å²) in [6.07, 6.45) is 0.743. The lowest BCUT2D eigenvalue weighted by atomic mass is 9.82. The lowest BCUT2D eigenvalue weighted by Gasteiger charge is -2.40. The zero-order valence-electron chi connectivity index (χ0n) is 13.7. The second-order valence-corrected chi connectivity index (χ2v) is 12.1. The van der Waals surface area contributed by atoms with Crippen molar-refractivity contribution >= 4 is 16.2 Å². The van der Waals surface area contributed by atoms with Gasteiger partial charge in [-0.05, 0) is 24.6 Å². The summed E-state index contributed by atoms with van der Waals surface area (Å²) >= 11 is 0. The van der Waals surface area contributed by atoms with E-state index in [1.54, 1.807) is 0 Å². The molecule has 4 atom stereocenters. The Hall–Kier alpha value is -0.308. The van der Waals surface area contributed by atoms with Gasteiger partial charge in [0.1, 0.15) is 7.85 Å². The van der Waals surface area contributed by atoms with Gasteiger partial charge in [0.15, 0.2) is 13.9 Å². The van der Waals surface area contributed by atoms with Gasteiger partial charge in [-0.25, -0.2) is 0 Å². The van der Waals surface area contributed by atoms with Crippen molar-refractivity contribution in [3.63, 3.8) is 0 Å². The summed E-state index contributed by atoms with van der Waals surface area (Å²) in [6, 6.07) is 2.36. The van der Waals surface area contributed by atoms with Gasteiger partial charge in [-0.2, -0.15) is 5.26 Å². The second-order valence-electron chi connectivity index (χ2n) is 7.31. The Morgan fingerprint density at radius 1 is 1.42 bits per heavy atom. The van der Waals surface area contributed by atoms with E-state index in [9.17, 15) is 5.26 Å². The van der Waals surface area contributed by atoms with Crippen LogP contribution in [0.2, 0.25) is 18.1 Å². The summed E-state index contributed by atoms with van der Waals surface area (Å²) in [5.41, 5.74) is -0.674. The first-order valence-electron chi connectivity index (χ1n) is 7.27. The highest BCUT2D eigenvalue weighted by Crippen LogP contribution is 2.44. The third-order valence-corrected chi connectivity index (χ3v) is 9.51. The highest BCUT2D eigenvalue weighted by atomic mass is 28.4. The van der Waals surface area contributed by atoms with Crippen molar-refractivity contribution in [2.75, 3.05) is 0 Å². The van der Waals surface area contributed by atoms with Gasteiger partial charge < -0.3 is 9.16 Å². The molecule has 1 heterocycles. The van der Waals surface area contributed by atoms with Crippen molar-refractivity contribution in [2.24, 2.45) is 5.92 Å². The van der Waals surface area contributed by atoms with E-state index in [1.165, 1.54) is 0 Å². The van der Waals surface area contributed by atoms with Crippen LogP contribution < -0.4 is 0 Å². The van der Waals surface area contributed by atoms with E-state index < -0.39 is 13.9 Å². The quantitative estimate of drug-likeness (QED) is 0.747. The van der Waals surface area contributed by atoms with Gasteiger partial charge in [-0.15, -0.1) is 0 Å². The Morgan fingerprint density at radius 3 is 2.26 bits per heavy atom. The molecule has 0 aliphatic carbocycles. The Morgan fingerprint density at radius 2 is 1.95 bits per heavy atom. The molecule has 0 radical (unpaired) electrons. The molecule has 0 aromatic heterocycles. The summed E-state index contributed by atoms with van der Waals surface area (Å²) < 4.78 is 12.5. The topological polar surface area (TPSA) is 42.2 Å². The summed E-state index contributed by atoms with van der Waals surface area (Å²) in [5, 5.41) is 9.64. The van der Waals surface area contributed by atoms with E-state index in [2.05, 4.69) is 46.9 Å². The van der Waals surface area contributed by atoms with Crippen LogP contribution in [-0.2, 0) is 9.16 Å². The van der Waals surface area contributed by atoms with Crippen molar-refractivity contribution in [1.29, 1.82) is 5.26 Å². The number of hydrogen-bond donors (Lipinski definition) is 0. The van der Waals surface area contributed by atoms with Gasteiger partial charge in [-0.1, -0.05) is 34.6 Å². The first-order chi connectivity index (χ1) is 8.50. The minimum atomic E-state index is -1.83. The third kappa shape index (κ3) is 2.91. The van der Waals surface area contributed by atoms with Gasteiger partial charge in [0.2, 0.25) is 0 Å². The molecular formula is C14H28BNO2Si. The minimum Gasteiger partial charge on any atom is -0.412 e. The fraction of sp³-hybridized carbons (Fsp3) is 0.929. The molecule has 0 spiro atoms. The molecule has 3 nitrogen and oxygen atoms in total. The third-order valence-electron chi connectivity index (χ3n) is 5.04. The summed E-state index contributed by atoms with van der Waals surface area (Å²) in [4.78, 5) is 0. The maximum Gasteiger partial charge on any atom is 0.192 e. The Labute approximate surface area is 120 Å². The fourth-order valence-electron chi connectivity index (χ4n) is 2.51. The average Bonchev–Trinajstić information content (AvgIpc) is 2.52. The molecule has 108 valence electrons. The molecule has 1 fully saturated rings. The number of hydrogen-bond acceptors (Lipinski definition) is 3. The first-order valence-corrected chi connectivity index (χ1v) is 10.2. The molecule has 0 amide bonds. The van der Waals surface area contributed by atoms with E-state index >= 15 is 0 Å². The van der Waals surface area contributed by atoms with Crippen molar-refractivity contribution in [3.8, 4) is 6.07 Å². The molecular weight excluding hydrogens is 253 g/mol. The van der Waals surface area contributed by atoms with E-state index in [4.69, 9.17) is 9.16 Å². The number of ether oxygens (including phenoxy) is 1. The molecule has 0 N–H and O–H groups in total. The molecule has 1 aliphatic rings. The van der Waals surface area contributed by atoms with E-state index in [-0.39, 0.29) is 23.1 Å². The fourth-order valence-corrected chi connectivity index (χ4v) is 3.94. The molecule has 5 heteroatoms. The van der Waals surface area contributed by atoms with Crippen LogP contribution in [0.25, 0.3) is 0 Å². The van der Waals surface area contributed by atoms with Crippen LogP contribution in [0.1, 0.15) is 41.0 Å². The van der Waals surface area contributed by atoms with E-state index in [0.29, 0.717) is 6.42 Å². The predicted octanol–water partition coefficient (Wildman–Crippen LogP) is 2.67. The maximum atomic E-state index is 9.46. The molecule has 0 aromatic rings. The molecule has 0 aromatic carbocycles. The number of nitriles is 1. The SMILES string of the molecule is B[C@@H]1O[C@](C#N)(CC)[C@@H](C)[C@H]1O[Si](C)(C)C(C)(C)C. The van der Waals surface area contributed by atoms with Gasteiger partial charge in [0.05, 0.1) is 18.2 Å². The minimum absolute atomic E-state index is 0.0104. The summed E-state index contributed by atoms with van der Waals surface area (Å²) in [6.45, 7) is 15.3.